The quantitative estimate of drug-likeness (QED) is 0.857. The lowest BCUT2D eigenvalue weighted by atomic mass is 9.89. The average Bonchev–Trinajstić information content (AvgIpc) is 3.28. The molecule has 25 heavy (non-hydrogen) atoms. The molecule has 1 saturated carbocycles. The van der Waals surface area contributed by atoms with E-state index >= 15 is 0 Å². The fourth-order valence-electron chi connectivity index (χ4n) is 4.56. The van der Waals surface area contributed by atoms with E-state index in [1.807, 2.05) is 0 Å². The molecule has 1 amide bonds. The molecule has 1 aliphatic carbocycles. The normalized spacial score (nSPS) is 25.0. The molecular formula is C19H30N4O2. The molecule has 1 aromatic heterocycles. The van der Waals surface area contributed by atoms with Crippen molar-refractivity contribution in [2.45, 2.75) is 70.6 Å². The fraction of sp³-hybridized carbons (Fsp3) is 0.789. The number of carbonyl (C=O) groups is 1. The molecule has 6 heteroatoms. The SMILES string of the molecule is O=C(NCC1CCCCC1)C1CCCN1Cc1n[nH]c2c1COCC2. The Morgan fingerprint density at radius 2 is 2.12 bits per heavy atom. The largest absolute Gasteiger partial charge is 0.376 e. The van der Waals surface area contributed by atoms with Gasteiger partial charge in [0.05, 0.1) is 24.9 Å². The minimum absolute atomic E-state index is 0.000416. The zero-order valence-electron chi connectivity index (χ0n) is 15.1. The van der Waals surface area contributed by atoms with Crippen LogP contribution in [0.3, 0.4) is 0 Å². The van der Waals surface area contributed by atoms with Crippen LogP contribution in [0, 0.1) is 5.92 Å². The van der Waals surface area contributed by atoms with Crippen LogP contribution < -0.4 is 5.32 Å². The highest BCUT2D eigenvalue weighted by Crippen LogP contribution is 2.25. The van der Waals surface area contributed by atoms with Gasteiger partial charge in [-0.1, -0.05) is 19.3 Å². The Balaban J connectivity index is 1.33. The van der Waals surface area contributed by atoms with Crippen LogP contribution in [0.5, 0.6) is 0 Å². The number of aromatic amines is 1. The second-order valence-corrected chi connectivity index (χ2v) is 7.81. The number of aromatic nitrogens is 2. The van der Waals surface area contributed by atoms with Gasteiger partial charge in [-0.15, -0.1) is 0 Å². The third kappa shape index (κ3) is 3.90. The predicted molar refractivity (Wildman–Crippen MR) is 95.0 cm³/mol. The van der Waals surface area contributed by atoms with Crippen LogP contribution in [-0.2, 0) is 29.1 Å². The van der Waals surface area contributed by atoms with E-state index in [0.717, 1.165) is 51.2 Å². The molecule has 0 bridgehead atoms. The summed E-state index contributed by atoms with van der Waals surface area (Å²) in [5.74, 6) is 0.895. The third-order valence-corrected chi connectivity index (χ3v) is 6.09. The summed E-state index contributed by atoms with van der Waals surface area (Å²) in [4.78, 5) is 15.0. The van der Waals surface area contributed by atoms with Gasteiger partial charge in [0.25, 0.3) is 0 Å². The van der Waals surface area contributed by atoms with Gasteiger partial charge in [-0.05, 0) is 38.1 Å². The Morgan fingerprint density at radius 1 is 1.24 bits per heavy atom. The number of fused-ring (bicyclic) bond motifs is 1. The minimum atomic E-state index is 0.000416. The van der Waals surface area contributed by atoms with E-state index in [9.17, 15) is 4.79 Å². The van der Waals surface area contributed by atoms with Gasteiger partial charge < -0.3 is 10.1 Å². The first-order chi connectivity index (χ1) is 12.3. The van der Waals surface area contributed by atoms with Gasteiger partial charge in [-0.2, -0.15) is 5.10 Å². The maximum Gasteiger partial charge on any atom is 0.237 e. The van der Waals surface area contributed by atoms with E-state index in [1.54, 1.807) is 0 Å². The molecule has 0 radical (unpaired) electrons. The molecule has 0 aromatic carbocycles. The molecule has 3 heterocycles. The summed E-state index contributed by atoms with van der Waals surface area (Å²) in [7, 11) is 0. The molecule has 1 saturated heterocycles. The Kier molecular flexibility index (Phi) is 5.36. The molecule has 138 valence electrons. The summed E-state index contributed by atoms with van der Waals surface area (Å²) in [6, 6.07) is 0.000416. The Morgan fingerprint density at radius 3 is 3.00 bits per heavy atom. The number of H-pyrrole nitrogens is 1. The highest BCUT2D eigenvalue weighted by molar-refractivity contribution is 5.82. The van der Waals surface area contributed by atoms with E-state index < -0.39 is 0 Å². The van der Waals surface area contributed by atoms with Crippen LogP contribution in [0.4, 0.5) is 0 Å². The molecule has 2 fully saturated rings. The maximum absolute atomic E-state index is 12.7. The summed E-state index contributed by atoms with van der Waals surface area (Å²) in [5.41, 5.74) is 3.47. The molecule has 6 nitrogen and oxygen atoms in total. The van der Waals surface area contributed by atoms with Crippen LogP contribution >= 0.6 is 0 Å². The molecule has 1 atom stereocenters. The van der Waals surface area contributed by atoms with Gasteiger partial charge in [-0.25, -0.2) is 0 Å². The first-order valence-corrected chi connectivity index (χ1v) is 9.96. The van der Waals surface area contributed by atoms with Gasteiger partial charge in [0.2, 0.25) is 5.91 Å². The fourth-order valence-corrected chi connectivity index (χ4v) is 4.56. The Bertz CT molecular complexity index is 594. The summed E-state index contributed by atoms with van der Waals surface area (Å²) < 4.78 is 5.58. The van der Waals surface area contributed by atoms with Crippen molar-refractivity contribution in [3.63, 3.8) is 0 Å². The van der Waals surface area contributed by atoms with Crippen molar-refractivity contribution in [3.8, 4) is 0 Å². The van der Waals surface area contributed by atoms with E-state index in [2.05, 4.69) is 20.4 Å². The van der Waals surface area contributed by atoms with Gasteiger partial charge in [0.1, 0.15) is 0 Å². The standard InChI is InChI=1S/C19H30N4O2/c24-19(20-11-14-5-2-1-3-6-14)18-7-4-9-23(18)12-17-15-13-25-10-8-16(15)21-22-17/h14,18H,1-13H2,(H,20,24)(H,21,22). The summed E-state index contributed by atoms with van der Waals surface area (Å²) >= 11 is 0. The second kappa shape index (κ2) is 7.87. The van der Waals surface area contributed by atoms with Crippen LogP contribution in [0.1, 0.15) is 61.9 Å². The minimum Gasteiger partial charge on any atom is -0.376 e. The number of ether oxygens (including phenoxy) is 1. The maximum atomic E-state index is 12.7. The number of likely N-dealkylation sites (tertiary alicyclic amines) is 1. The van der Waals surface area contributed by atoms with Crippen molar-refractivity contribution >= 4 is 5.91 Å². The molecule has 4 rings (SSSR count). The molecule has 1 aromatic rings. The second-order valence-electron chi connectivity index (χ2n) is 7.81. The smallest absolute Gasteiger partial charge is 0.237 e. The summed E-state index contributed by atoms with van der Waals surface area (Å²) in [5, 5.41) is 10.9. The predicted octanol–water partition coefficient (Wildman–Crippen LogP) is 2.14. The Hall–Kier alpha value is -1.40. The van der Waals surface area contributed by atoms with Gasteiger partial charge in [0.15, 0.2) is 0 Å². The van der Waals surface area contributed by atoms with Gasteiger partial charge >= 0.3 is 0 Å². The number of nitrogens with zero attached hydrogens (tertiary/aromatic N) is 2. The number of nitrogens with one attached hydrogen (secondary N) is 2. The number of hydrogen-bond donors (Lipinski definition) is 2. The van der Waals surface area contributed by atoms with E-state index in [0.29, 0.717) is 12.5 Å². The molecular weight excluding hydrogens is 316 g/mol. The average molecular weight is 346 g/mol. The summed E-state index contributed by atoms with van der Waals surface area (Å²) in [6.07, 6.45) is 9.50. The zero-order chi connectivity index (χ0) is 17.1. The lowest BCUT2D eigenvalue weighted by Gasteiger charge is -2.26. The van der Waals surface area contributed by atoms with Crippen molar-refractivity contribution < 1.29 is 9.53 Å². The van der Waals surface area contributed by atoms with Crippen molar-refractivity contribution in [1.29, 1.82) is 0 Å². The van der Waals surface area contributed by atoms with Crippen molar-refractivity contribution in [3.05, 3.63) is 17.0 Å². The molecule has 2 N–H and O–H groups in total. The van der Waals surface area contributed by atoms with Crippen molar-refractivity contribution in [2.24, 2.45) is 5.92 Å². The first-order valence-electron chi connectivity index (χ1n) is 9.96. The first kappa shape index (κ1) is 17.0. The van der Waals surface area contributed by atoms with Crippen LogP contribution in [-0.4, -0.2) is 46.7 Å². The number of hydrogen-bond acceptors (Lipinski definition) is 4. The van der Waals surface area contributed by atoms with Crippen LogP contribution in [0.15, 0.2) is 0 Å². The monoisotopic (exact) mass is 346 g/mol. The van der Waals surface area contributed by atoms with Crippen LogP contribution in [0.25, 0.3) is 0 Å². The van der Waals surface area contributed by atoms with Crippen molar-refractivity contribution in [2.75, 3.05) is 19.7 Å². The van der Waals surface area contributed by atoms with Gasteiger partial charge in [-0.3, -0.25) is 14.8 Å². The van der Waals surface area contributed by atoms with Gasteiger partial charge in [0, 0.05) is 30.8 Å². The van der Waals surface area contributed by atoms with Crippen molar-refractivity contribution in [1.82, 2.24) is 20.4 Å². The number of carbonyl (C=O) groups excluding carboxylic acids is 1. The Labute approximate surface area is 149 Å². The highest BCUT2D eigenvalue weighted by atomic mass is 16.5. The summed E-state index contributed by atoms with van der Waals surface area (Å²) in [6.45, 7) is 3.99. The van der Waals surface area contributed by atoms with E-state index in [4.69, 9.17) is 4.74 Å². The molecule has 2 aliphatic heterocycles. The lowest BCUT2D eigenvalue weighted by Crippen LogP contribution is -2.44. The lowest BCUT2D eigenvalue weighted by molar-refractivity contribution is -0.125. The molecule has 0 spiro atoms. The third-order valence-electron chi connectivity index (χ3n) is 6.09. The molecule has 1 unspecified atom stereocenters. The molecule has 3 aliphatic rings. The van der Waals surface area contributed by atoms with E-state index in [-0.39, 0.29) is 11.9 Å². The highest BCUT2D eigenvalue weighted by Gasteiger charge is 2.32. The topological polar surface area (TPSA) is 70.2 Å². The number of amides is 1. The zero-order valence-corrected chi connectivity index (χ0v) is 15.1. The number of rotatable bonds is 5. The van der Waals surface area contributed by atoms with Crippen LogP contribution in [0.2, 0.25) is 0 Å². The van der Waals surface area contributed by atoms with E-state index in [1.165, 1.54) is 43.4 Å².